The van der Waals surface area contributed by atoms with Gasteiger partial charge in [-0.2, -0.15) is 0 Å². The molecule has 0 radical (unpaired) electrons. The first-order valence-corrected chi connectivity index (χ1v) is 16.0. The van der Waals surface area contributed by atoms with Gasteiger partial charge in [0.05, 0.1) is 0 Å². The molecule has 0 aliphatic carbocycles. The lowest BCUT2D eigenvalue weighted by Gasteiger charge is -2.26. The van der Waals surface area contributed by atoms with E-state index < -0.39 is 0 Å². The average Bonchev–Trinajstić information content (AvgIpc) is 3.48. The number of fused-ring (bicyclic) bond motifs is 3. The van der Waals surface area contributed by atoms with Crippen LogP contribution in [0.5, 0.6) is 0 Å². The van der Waals surface area contributed by atoms with Gasteiger partial charge in [-0.1, -0.05) is 103 Å². The van der Waals surface area contributed by atoms with Gasteiger partial charge in [0.1, 0.15) is 0 Å². The Morgan fingerprint density at radius 3 is 1.27 bits per heavy atom. The van der Waals surface area contributed by atoms with Gasteiger partial charge < -0.3 is 9.80 Å². The summed E-state index contributed by atoms with van der Waals surface area (Å²) in [5.41, 5.74) is 9.27. The van der Waals surface area contributed by atoms with Crippen molar-refractivity contribution in [1.29, 1.82) is 0 Å². The largest absolute Gasteiger partial charge is 0.310 e. The van der Waals surface area contributed by atoms with Crippen molar-refractivity contribution in [2.24, 2.45) is 0 Å². The zero-order chi connectivity index (χ0) is 30.0. The summed E-state index contributed by atoms with van der Waals surface area (Å²) in [7, 11) is 0. The first kappa shape index (κ1) is 26.9. The molecule has 1 aromatic heterocycles. The third-order valence-electron chi connectivity index (χ3n) is 8.23. The van der Waals surface area contributed by atoms with Crippen molar-refractivity contribution in [1.82, 2.24) is 0 Å². The van der Waals surface area contributed by atoms with Gasteiger partial charge >= 0.3 is 0 Å². The summed E-state index contributed by atoms with van der Waals surface area (Å²) in [6.45, 7) is 0. The lowest BCUT2D eigenvalue weighted by molar-refractivity contribution is 1.29. The van der Waals surface area contributed by atoms with Crippen molar-refractivity contribution in [3.8, 4) is 11.1 Å². The number of hydrogen-bond acceptors (Lipinski definition) is 3. The van der Waals surface area contributed by atoms with E-state index in [2.05, 4.69) is 192 Å². The Balaban J connectivity index is 1.22. The first-order chi connectivity index (χ1) is 22.3. The summed E-state index contributed by atoms with van der Waals surface area (Å²) in [5, 5.41) is 2.54. The fraction of sp³-hybridized carbons (Fsp3) is 0. The van der Waals surface area contributed by atoms with E-state index >= 15 is 0 Å². The fourth-order valence-electron chi connectivity index (χ4n) is 6.09. The van der Waals surface area contributed by atoms with Crippen LogP contribution in [0.25, 0.3) is 31.3 Å². The molecule has 2 nitrogen and oxygen atoms in total. The van der Waals surface area contributed by atoms with Gasteiger partial charge in [-0.3, -0.25) is 0 Å². The van der Waals surface area contributed by atoms with Gasteiger partial charge in [0.25, 0.3) is 0 Å². The lowest BCUT2D eigenvalue weighted by atomic mass is 10.0. The number of para-hydroxylation sites is 3. The molecule has 214 valence electrons. The minimum atomic E-state index is 1.13. The summed E-state index contributed by atoms with van der Waals surface area (Å²) in [5.74, 6) is 0. The number of nitrogens with zero attached hydrogens (tertiary/aromatic N) is 2. The zero-order valence-corrected chi connectivity index (χ0v) is 25.4. The summed E-state index contributed by atoms with van der Waals surface area (Å²) in [6, 6.07) is 64.9. The Labute approximate surface area is 267 Å². The molecule has 0 amide bonds. The molecule has 0 saturated heterocycles. The number of hydrogen-bond donors (Lipinski definition) is 0. The Bertz CT molecular complexity index is 2150. The molecule has 45 heavy (non-hydrogen) atoms. The molecule has 0 atom stereocenters. The quantitative estimate of drug-likeness (QED) is 0.181. The molecule has 7 aromatic carbocycles. The van der Waals surface area contributed by atoms with Crippen molar-refractivity contribution in [3.63, 3.8) is 0 Å². The van der Waals surface area contributed by atoms with E-state index in [1.807, 2.05) is 11.3 Å². The average molecular weight is 595 g/mol. The second kappa shape index (κ2) is 11.8. The van der Waals surface area contributed by atoms with Gasteiger partial charge in [0.15, 0.2) is 0 Å². The van der Waals surface area contributed by atoms with Crippen LogP contribution in [0, 0.1) is 0 Å². The van der Waals surface area contributed by atoms with Crippen LogP contribution in [-0.2, 0) is 0 Å². The normalized spacial score (nSPS) is 11.1. The highest BCUT2D eigenvalue weighted by molar-refractivity contribution is 7.25. The van der Waals surface area contributed by atoms with E-state index in [-0.39, 0.29) is 0 Å². The van der Waals surface area contributed by atoms with E-state index in [9.17, 15) is 0 Å². The molecule has 0 N–H and O–H groups in total. The van der Waals surface area contributed by atoms with Crippen LogP contribution in [0.4, 0.5) is 34.1 Å². The van der Waals surface area contributed by atoms with Crippen molar-refractivity contribution in [2.75, 3.05) is 9.80 Å². The Morgan fingerprint density at radius 2 is 0.711 bits per heavy atom. The SMILES string of the molecule is c1ccc(-c2ccc(N(c3ccccc3)c3ccc4c(c3)sc3ccc(N(c5ccccc5)c5ccccc5)cc34)cc2)cc1. The predicted octanol–water partition coefficient (Wildman–Crippen LogP) is 12.7. The van der Waals surface area contributed by atoms with E-state index in [4.69, 9.17) is 0 Å². The minimum absolute atomic E-state index is 1.13. The van der Waals surface area contributed by atoms with E-state index in [1.54, 1.807) is 0 Å². The molecular weight excluding hydrogens is 565 g/mol. The molecule has 0 saturated carbocycles. The van der Waals surface area contributed by atoms with Gasteiger partial charge in [-0.15, -0.1) is 11.3 Å². The maximum atomic E-state index is 2.34. The second-order valence-electron chi connectivity index (χ2n) is 11.1. The maximum Gasteiger partial charge on any atom is 0.0476 e. The van der Waals surface area contributed by atoms with Gasteiger partial charge in [0.2, 0.25) is 0 Å². The summed E-state index contributed by atoms with van der Waals surface area (Å²) < 4.78 is 2.55. The highest BCUT2D eigenvalue weighted by atomic mass is 32.1. The molecule has 0 aliphatic rings. The molecule has 1 heterocycles. The molecule has 8 aromatic rings. The van der Waals surface area contributed by atoms with E-state index in [1.165, 1.54) is 31.3 Å². The van der Waals surface area contributed by atoms with Crippen LogP contribution >= 0.6 is 11.3 Å². The van der Waals surface area contributed by atoms with Crippen LogP contribution < -0.4 is 9.80 Å². The molecule has 0 aliphatic heterocycles. The van der Waals surface area contributed by atoms with Gasteiger partial charge in [-0.05, 0) is 90.0 Å². The zero-order valence-electron chi connectivity index (χ0n) is 24.6. The highest BCUT2D eigenvalue weighted by Crippen LogP contribution is 2.43. The van der Waals surface area contributed by atoms with Crippen LogP contribution in [0.2, 0.25) is 0 Å². The van der Waals surface area contributed by atoms with Crippen LogP contribution in [0.15, 0.2) is 182 Å². The second-order valence-corrected chi connectivity index (χ2v) is 12.1. The summed E-state index contributed by atoms with van der Waals surface area (Å²) in [4.78, 5) is 4.67. The predicted molar refractivity (Wildman–Crippen MR) is 194 cm³/mol. The van der Waals surface area contributed by atoms with Crippen molar-refractivity contribution in [2.45, 2.75) is 0 Å². The van der Waals surface area contributed by atoms with E-state index in [0.717, 1.165) is 34.1 Å². The minimum Gasteiger partial charge on any atom is -0.310 e. The number of rotatable bonds is 7. The molecule has 0 unspecified atom stereocenters. The monoisotopic (exact) mass is 594 g/mol. The van der Waals surface area contributed by atoms with Gasteiger partial charge in [-0.25, -0.2) is 0 Å². The highest BCUT2D eigenvalue weighted by Gasteiger charge is 2.17. The molecule has 8 rings (SSSR count). The van der Waals surface area contributed by atoms with Crippen LogP contribution in [0.3, 0.4) is 0 Å². The topological polar surface area (TPSA) is 6.48 Å². The number of benzene rings is 7. The Kier molecular flexibility index (Phi) is 7.07. The first-order valence-electron chi connectivity index (χ1n) is 15.2. The summed E-state index contributed by atoms with van der Waals surface area (Å²) in [6.07, 6.45) is 0. The van der Waals surface area contributed by atoms with E-state index in [0.29, 0.717) is 0 Å². The molecule has 0 bridgehead atoms. The molecule has 0 spiro atoms. The third kappa shape index (κ3) is 5.24. The molecule has 3 heteroatoms. The third-order valence-corrected chi connectivity index (χ3v) is 9.36. The molecule has 0 fully saturated rings. The standard InChI is InChI=1S/C42H30N2S/c1-5-13-31(14-6-1)32-21-23-36(24-22-32)44(35-19-11-4-12-20-35)38-25-27-39-40-29-37(26-28-41(40)45-42(39)30-38)43(33-15-7-2-8-16-33)34-17-9-3-10-18-34/h1-30H. The van der Waals surface area contributed by atoms with Gasteiger partial charge in [0, 0.05) is 54.3 Å². The van der Waals surface area contributed by atoms with Crippen LogP contribution in [0.1, 0.15) is 0 Å². The number of thiophene rings is 1. The van der Waals surface area contributed by atoms with Crippen molar-refractivity contribution >= 4 is 65.6 Å². The Morgan fingerprint density at radius 1 is 0.289 bits per heavy atom. The lowest BCUT2D eigenvalue weighted by Crippen LogP contribution is -2.09. The molecular formula is C42H30N2S. The maximum absolute atomic E-state index is 2.34. The van der Waals surface area contributed by atoms with Crippen molar-refractivity contribution < 1.29 is 0 Å². The smallest absolute Gasteiger partial charge is 0.0476 e. The number of anilines is 6. The fourth-order valence-corrected chi connectivity index (χ4v) is 7.21. The van der Waals surface area contributed by atoms with Crippen LogP contribution in [-0.4, -0.2) is 0 Å². The Hall–Kier alpha value is -5.64. The van der Waals surface area contributed by atoms with Crippen molar-refractivity contribution in [3.05, 3.63) is 182 Å². The summed E-state index contributed by atoms with van der Waals surface area (Å²) >= 11 is 1.85.